The second-order valence-electron chi connectivity index (χ2n) is 5.59. The molecular weight excluding hydrogens is 331 g/mol. The molecule has 1 rings (SSSR count). The normalized spacial score (nSPS) is 13.5. The summed E-state index contributed by atoms with van der Waals surface area (Å²) >= 11 is 12.0. The van der Waals surface area contributed by atoms with Crippen molar-refractivity contribution in [3.8, 4) is 0 Å². The molecule has 0 aliphatic heterocycles. The van der Waals surface area contributed by atoms with E-state index in [-0.39, 0.29) is 24.4 Å². The summed E-state index contributed by atoms with van der Waals surface area (Å²) in [6.07, 6.45) is 1.33. The topological polar surface area (TPSA) is 55.1 Å². The molecule has 0 aliphatic carbocycles. The number of nitrogens with one attached hydrogen (secondary N) is 1. The van der Waals surface area contributed by atoms with Gasteiger partial charge >= 0.3 is 0 Å². The Morgan fingerprint density at radius 2 is 1.90 bits per heavy atom. The standard InChI is InChI=1S/C15H22Cl2N2O.ClH/c1-9(2)6-14(18)15(20)19-10(3)7-11-4-5-12(16)8-13(11)17;/h4-5,8-10,14H,6-7,18H2,1-3H3,(H,19,20);1H/t10?,14-;/m0./s1. The van der Waals surface area contributed by atoms with Crippen LogP contribution >= 0.6 is 35.6 Å². The highest BCUT2D eigenvalue weighted by Gasteiger charge is 2.17. The zero-order chi connectivity index (χ0) is 15.3. The van der Waals surface area contributed by atoms with Gasteiger partial charge in [-0.3, -0.25) is 4.79 Å². The highest BCUT2D eigenvalue weighted by atomic mass is 35.5. The first-order chi connectivity index (χ1) is 9.29. The average Bonchev–Trinajstić information content (AvgIpc) is 2.31. The van der Waals surface area contributed by atoms with Crippen molar-refractivity contribution in [1.29, 1.82) is 0 Å². The molecule has 0 saturated heterocycles. The molecule has 0 heterocycles. The summed E-state index contributed by atoms with van der Waals surface area (Å²) in [6.45, 7) is 6.03. The molecule has 0 radical (unpaired) electrons. The Kier molecular flexibility index (Phi) is 9.30. The average molecular weight is 354 g/mol. The largest absolute Gasteiger partial charge is 0.352 e. The van der Waals surface area contributed by atoms with Crippen LogP contribution in [0, 0.1) is 5.92 Å². The fourth-order valence-electron chi connectivity index (χ4n) is 2.03. The molecule has 0 spiro atoms. The first kappa shape index (κ1) is 20.5. The minimum Gasteiger partial charge on any atom is -0.352 e. The van der Waals surface area contributed by atoms with Gasteiger partial charge in [0.1, 0.15) is 0 Å². The fraction of sp³-hybridized carbons (Fsp3) is 0.533. The van der Waals surface area contributed by atoms with Crippen molar-refractivity contribution in [2.75, 3.05) is 0 Å². The van der Waals surface area contributed by atoms with Gasteiger partial charge in [-0.2, -0.15) is 0 Å². The SMILES string of the molecule is CC(C)C[C@H](N)C(=O)NC(C)Cc1ccc(Cl)cc1Cl.Cl. The number of carbonyl (C=O) groups is 1. The quantitative estimate of drug-likeness (QED) is 0.816. The van der Waals surface area contributed by atoms with Gasteiger partial charge in [-0.1, -0.05) is 43.1 Å². The van der Waals surface area contributed by atoms with Gasteiger partial charge in [0, 0.05) is 16.1 Å². The lowest BCUT2D eigenvalue weighted by Crippen LogP contribution is -2.45. The van der Waals surface area contributed by atoms with Gasteiger partial charge in [0.25, 0.3) is 0 Å². The molecule has 1 aromatic carbocycles. The number of benzene rings is 1. The van der Waals surface area contributed by atoms with Gasteiger partial charge in [0.15, 0.2) is 0 Å². The van der Waals surface area contributed by atoms with Crippen LogP contribution in [0.5, 0.6) is 0 Å². The second-order valence-corrected chi connectivity index (χ2v) is 6.43. The van der Waals surface area contributed by atoms with Crippen molar-refractivity contribution in [2.45, 2.75) is 45.7 Å². The smallest absolute Gasteiger partial charge is 0.237 e. The highest BCUT2D eigenvalue weighted by Crippen LogP contribution is 2.22. The van der Waals surface area contributed by atoms with Gasteiger partial charge in [-0.25, -0.2) is 0 Å². The van der Waals surface area contributed by atoms with Crippen LogP contribution in [-0.4, -0.2) is 18.0 Å². The molecule has 0 fully saturated rings. The summed E-state index contributed by atoms with van der Waals surface area (Å²) < 4.78 is 0. The second kappa shape index (κ2) is 9.52. The zero-order valence-corrected chi connectivity index (χ0v) is 14.9. The predicted octanol–water partition coefficient (Wildman–Crippen LogP) is 3.84. The molecule has 0 bridgehead atoms. The molecule has 120 valence electrons. The van der Waals surface area contributed by atoms with Crippen molar-refractivity contribution in [1.82, 2.24) is 5.32 Å². The number of hydrogen-bond acceptors (Lipinski definition) is 2. The fourth-order valence-corrected chi connectivity index (χ4v) is 2.52. The molecule has 0 aliphatic rings. The van der Waals surface area contributed by atoms with E-state index in [4.69, 9.17) is 28.9 Å². The van der Waals surface area contributed by atoms with Gasteiger partial charge in [0.05, 0.1) is 6.04 Å². The maximum Gasteiger partial charge on any atom is 0.237 e. The summed E-state index contributed by atoms with van der Waals surface area (Å²) in [5.41, 5.74) is 6.81. The van der Waals surface area contributed by atoms with Crippen LogP contribution in [0.25, 0.3) is 0 Å². The van der Waals surface area contributed by atoms with E-state index in [0.29, 0.717) is 28.8 Å². The van der Waals surface area contributed by atoms with E-state index in [9.17, 15) is 4.79 Å². The maximum absolute atomic E-state index is 11.9. The van der Waals surface area contributed by atoms with Crippen LogP contribution < -0.4 is 11.1 Å². The number of rotatable bonds is 6. The molecule has 1 aromatic rings. The lowest BCUT2D eigenvalue weighted by atomic mass is 10.0. The van der Waals surface area contributed by atoms with Crippen LogP contribution in [0.15, 0.2) is 18.2 Å². The summed E-state index contributed by atoms with van der Waals surface area (Å²) in [5.74, 6) is 0.285. The third-order valence-electron chi connectivity index (χ3n) is 2.99. The molecule has 3 nitrogen and oxygen atoms in total. The molecule has 1 amide bonds. The van der Waals surface area contributed by atoms with Crippen LogP contribution in [-0.2, 0) is 11.2 Å². The van der Waals surface area contributed by atoms with E-state index in [1.165, 1.54) is 0 Å². The maximum atomic E-state index is 11.9. The van der Waals surface area contributed by atoms with E-state index in [2.05, 4.69) is 5.32 Å². The Morgan fingerprint density at radius 1 is 1.29 bits per heavy atom. The molecule has 6 heteroatoms. The Bertz CT molecular complexity index is 466. The van der Waals surface area contributed by atoms with Crippen LogP contribution in [0.4, 0.5) is 0 Å². The molecule has 1 unspecified atom stereocenters. The Hall–Kier alpha value is -0.480. The third kappa shape index (κ3) is 7.37. The first-order valence-corrected chi connectivity index (χ1v) is 7.55. The van der Waals surface area contributed by atoms with E-state index >= 15 is 0 Å². The summed E-state index contributed by atoms with van der Waals surface area (Å²) in [5, 5.41) is 4.14. The molecule has 0 aromatic heterocycles. The van der Waals surface area contributed by atoms with Crippen LogP contribution in [0.1, 0.15) is 32.8 Å². The molecule has 21 heavy (non-hydrogen) atoms. The monoisotopic (exact) mass is 352 g/mol. The van der Waals surface area contributed by atoms with Crippen molar-refractivity contribution in [3.63, 3.8) is 0 Å². The van der Waals surface area contributed by atoms with Crippen molar-refractivity contribution < 1.29 is 4.79 Å². The Labute approximate surface area is 143 Å². The Balaban J connectivity index is 0.00000400. The number of hydrogen-bond donors (Lipinski definition) is 2. The number of nitrogens with two attached hydrogens (primary N) is 1. The van der Waals surface area contributed by atoms with Crippen molar-refractivity contribution in [2.24, 2.45) is 11.7 Å². The van der Waals surface area contributed by atoms with Gasteiger partial charge in [-0.05, 0) is 43.4 Å². The lowest BCUT2D eigenvalue weighted by Gasteiger charge is -2.19. The summed E-state index contributed by atoms with van der Waals surface area (Å²) in [4.78, 5) is 11.9. The first-order valence-electron chi connectivity index (χ1n) is 6.79. The molecule has 2 atom stereocenters. The van der Waals surface area contributed by atoms with Gasteiger partial charge < -0.3 is 11.1 Å². The lowest BCUT2D eigenvalue weighted by molar-refractivity contribution is -0.123. The predicted molar refractivity (Wildman–Crippen MR) is 92.4 cm³/mol. The minimum absolute atomic E-state index is 0. The van der Waals surface area contributed by atoms with Gasteiger partial charge in [-0.15, -0.1) is 12.4 Å². The minimum atomic E-state index is -0.460. The van der Waals surface area contributed by atoms with Crippen LogP contribution in [0.3, 0.4) is 0 Å². The van der Waals surface area contributed by atoms with Gasteiger partial charge in [0.2, 0.25) is 5.91 Å². The van der Waals surface area contributed by atoms with E-state index in [0.717, 1.165) is 5.56 Å². The molecule has 3 N–H and O–H groups in total. The third-order valence-corrected chi connectivity index (χ3v) is 3.58. The summed E-state index contributed by atoms with van der Waals surface area (Å²) in [6, 6.07) is 4.89. The summed E-state index contributed by atoms with van der Waals surface area (Å²) in [7, 11) is 0. The van der Waals surface area contributed by atoms with Crippen molar-refractivity contribution >= 4 is 41.5 Å². The number of carbonyl (C=O) groups excluding carboxylic acids is 1. The number of halogens is 3. The van der Waals surface area contributed by atoms with E-state index in [1.807, 2.05) is 26.8 Å². The highest BCUT2D eigenvalue weighted by molar-refractivity contribution is 6.35. The number of amides is 1. The molecular formula is C15H23Cl3N2O. The molecule has 0 saturated carbocycles. The van der Waals surface area contributed by atoms with Crippen LogP contribution in [0.2, 0.25) is 10.0 Å². The van der Waals surface area contributed by atoms with E-state index < -0.39 is 6.04 Å². The Morgan fingerprint density at radius 3 is 2.43 bits per heavy atom. The zero-order valence-electron chi connectivity index (χ0n) is 12.5. The van der Waals surface area contributed by atoms with Crippen molar-refractivity contribution in [3.05, 3.63) is 33.8 Å². The van der Waals surface area contributed by atoms with E-state index in [1.54, 1.807) is 12.1 Å².